The van der Waals surface area contributed by atoms with Gasteiger partial charge in [-0.25, -0.2) is 0 Å². The van der Waals surface area contributed by atoms with Crippen LogP contribution in [0, 0.1) is 0 Å². The lowest BCUT2D eigenvalue weighted by atomic mass is 9.95. The summed E-state index contributed by atoms with van der Waals surface area (Å²) >= 11 is 19.0. The molecule has 0 spiro atoms. The van der Waals surface area contributed by atoms with Crippen molar-refractivity contribution in [3.63, 3.8) is 0 Å². The fourth-order valence-corrected chi connectivity index (χ4v) is 4.02. The van der Waals surface area contributed by atoms with Gasteiger partial charge in [0.25, 0.3) is 0 Å². The molecule has 2 aromatic rings. The Morgan fingerprint density at radius 1 is 0.960 bits per heavy atom. The van der Waals surface area contributed by atoms with Gasteiger partial charge in [-0.3, -0.25) is 4.90 Å². The quantitative estimate of drug-likeness (QED) is 0.779. The van der Waals surface area contributed by atoms with Gasteiger partial charge in [0.15, 0.2) is 0 Å². The molecule has 0 aromatic heterocycles. The van der Waals surface area contributed by atoms with Crippen LogP contribution in [0.1, 0.15) is 23.6 Å². The Kier molecular flexibility index (Phi) is 6.48. The summed E-state index contributed by atoms with van der Waals surface area (Å²) < 4.78 is 5.62. The monoisotopic (exact) mass is 398 g/mol. The van der Waals surface area contributed by atoms with Gasteiger partial charge in [0.1, 0.15) is 5.75 Å². The maximum Gasteiger partial charge on any atom is 0.124 e. The highest BCUT2D eigenvalue weighted by Gasteiger charge is 2.28. The smallest absolute Gasteiger partial charge is 0.124 e. The minimum absolute atomic E-state index is 0.0432. The molecule has 3 rings (SSSR count). The molecule has 1 N–H and O–H groups in total. The third-order valence-electron chi connectivity index (χ3n) is 4.48. The molecular weight excluding hydrogens is 379 g/mol. The normalized spacial score (nSPS) is 17.1. The zero-order valence-electron chi connectivity index (χ0n) is 14.1. The zero-order chi connectivity index (χ0) is 17.8. The minimum Gasteiger partial charge on any atom is -0.496 e. The molecule has 25 heavy (non-hydrogen) atoms. The third-order valence-corrected chi connectivity index (χ3v) is 5.28. The van der Waals surface area contributed by atoms with Crippen LogP contribution in [0.5, 0.6) is 5.75 Å². The summed E-state index contributed by atoms with van der Waals surface area (Å²) in [6, 6.07) is 11.3. The van der Waals surface area contributed by atoms with E-state index in [9.17, 15) is 0 Å². The molecule has 1 saturated heterocycles. The first-order valence-electron chi connectivity index (χ1n) is 8.33. The van der Waals surface area contributed by atoms with E-state index < -0.39 is 0 Å². The SMILES string of the molecule is COc1ccc(Cl)cc1C(c1ccc(Cl)cc1Cl)N1CCCNCC1. The van der Waals surface area contributed by atoms with E-state index in [0.717, 1.165) is 49.5 Å². The van der Waals surface area contributed by atoms with Crippen molar-refractivity contribution < 1.29 is 4.74 Å². The Labute approximate surface area is 163 Å². The molecule has 0 radical (unpaired) electrons. The number of nitrogens with zero attached hydrogens (tertiary/aromatic N) is 1. The van der Waals surface area contributed by atoms with Crippen LogP contribution in [0.4, 0.5) is 0 Å². The van der Waals surface area contributed by atoms with Gasteiger partial charge < -0.3 is 10.1 Å². The van der Waals surface area contributed by atoms with E-state index in [1.807, 2.05) is 30.3 Å². The van der Waals surface area contributed by atoms with Crippen LogP contribution >= 0.6 is 34.8 Å². The van der Waals surface area contributed by atoms with Crippen molar-refractivity contribution >= 4 is 34.8 Å². The van der Waals surface area contributed by atoms with Crippen LogP contribution in [0.2, 0.25) is 15.1 Å². The summed E-state index contributed by atoms with van der Waals surface area (Å²) in [5.41, 5.74) is 2.02. The summed E-state index contributed by atoms with van der Waals surface area (Å²) in [5.74, 6) is 0.803. The fraction of sp³-hybridized carbons (Fsp3) is 0.368. The number of benzene rings is 2. The van der Waals surface area contributed by atoms with Crippen molar-refractivity contribution in [2.45, 2.75) is 12.5 Å². The largest absolute Gasteiger partial charge is 0.496 e. The van der Waals surface area contributed by atoms with Crippen LogP contribution in [-0.2, 0) is 0 Å². The average Bonchev–Trinajstić information content (AvgIpc) is 2.87. The van der Waals surface area contributed by atoms with Crippen LogP contribution in [-0.4, -0.2) is 38.2 Å². The third kappa shape index (κ3) is 4.42. The van der Waals surface area contributed by atoms with Gasteiger partial charge in [-0.1, -0.05) is 40.9 Å². The van der Waals surface area contributed by atoms with Crippen LogP contribution in [0.15, 0.2) is 36.4 Å². The molecule has 0 aliphatic carbocycles. The van der Waals surface area contributed by atoms with Crippen molar-refractivity contribution in [3.05, 3.63) is 62.6 Å². The molecule has 1 unspecified atom stereocenters. The molecule has 0 bridgehead atoms. The van der Waals surface area contributed by atoms with Gasteiger partial charge >= 0.3 is 0 Å². The molecule has 0 amide bonds. The summed E-state index contributed by atoms with van der Waals surface area (Å²) in [5, 5.41) is 5.40. The lowest BCUT2D eigenvalue weighted by molar-refractivity contribution is 0.236. The van der Waals surface area contributed by atoms with Gasteiger partial charge in [0.05, 0.1) is 13.2 Å². The van der Waals surface area contributed by atoms with Gasteiger partial charge in [0, 0.05) is 40.3 Å². The van der Waals surface area contributed by atoms with E-state index in [1.165, 1.54) is 0 Å². The summed E-state index contributed by atoms with van der Waals surface area (Å²) in [7, 11) is 1.68. The molecule has 0 saturated carbocycles. The number of ether oxygens (including phenoxy) is 1. The Balaban J connectivity index is 2.13. The molecule has 3 nitrogen and oxygen atoms in total. The standard InChI is InChI=1S/C19H21Cl3N2O/c1-25-18-6-4-13(20)11-16(18)19(24-9-2-7-23-8-10-24)15-5-3-14(21)12-17(15)22/h3-6,11-12,19,23H,2,7-10H2,1H3. The minimum atomic E-state index is -0.0432. The van der Waals surface area contributed by atoms with Gasteiger partial charge in [-0.05, 0) is 48.9 Å². The van der Waals surface area contributed by atoms with Crippen molar-refractivity contribution in [2.24, 2.45) is 0 Å². The number of hydrogen-bond donors (Lipinski definition) is 1. The number of hydrogen-bond acceptors (Lipinski definition) is 3. The van der Waals surface area contributed by atoms with Crippen LogP contribution in [0.25, 0.3) is 0 Å². The zero-order valence-corrected chi connectivity index (χ0v) is 16.3. The van der Waals surface area contributed by atoms with Crippen molar-refractivity contribution in [1.29, 1.82) is 0 Å². The topological polar surface area (TPSA) is 24.5 Å². The van der Waals surface area contributed by atoms with Crippen molar-refractivity contribution in [2.75, 3.05) is 33.3 Å². The van der Waals surface area contributed by atoms with E-state index in [2.05, 4.69) is 10.2 Å². The predicted molar refractivity (Wildman–Crippen MR) is 105 cm³/mol. The van der Waals surface area contributed by atoms with Crippen LogP contribution in [0.3, 0.4) is 0 Å². The molecule has 1 aliphatic rings. The molecule has 1 fully saturated rings. The molecule has 1 aliphatic heterocycles. The molecule has 134 valence electrons. The Morgan fingerprint density at radius 2 is 1.72 bits per heavy atom. The highest BCUT2D eigenvalue weighted by atomic mass is 35.5. The van der Waals surface area contributed by atoms with E-state index in [0.29, 0.717) is 15.1 Å². The van der Waals surface area contributed by atoms with Crippen LogP contribution < -0.4 is 10.1 Å². The number of halogens is 3. The Hall–Kier alpha value is -0.970. The molecule has 1 atom stereocenters. The Bertz CT molecular complexity index is 731. The molecule has 6 heteroatoms. The van der Waals surface area contributed by atoms with Gasteiger partial charge in [0.2, 0.25) is 0 Å². The highest BCUT2D eigenvalue weighted by Crippen LogP contribution is 2.40. The fourth-order valence-electron chi connectivity index (χ4n) is 3.33. The predicted octanol–water partition coefficient (Wildman–Crippen LogP) is 5.04. The highest BCUT2D eigenvalue weighted by molar-refractivity contribution is 6.35. The second kappa shape index (κ2) is 8.61. The van der Waals surface area contributed by atoms with Crippen molar-refractivity contribution in [3.8, 4) is 5.75 Å². The maximum absolute atomic E-state index is 6.57. The molecule has 2 aromatic carbocycles. The lowest BCUT2D eigenvalue weighted by Crippen LogP contribution is -2.33. The Morgan fingerprint density at radius 3 is 2.48 bits per heavy atom. The number of methoxy groups -OCH3 is 1. The van der Waals surface area contributed by atoms with E-state index in [4.69, 9.17) is 39.5 Å². The second-order valence-corrected chi connectivity index (χ2v) is 7.37. The summed E-state index contributed by atoms with van der Waals surface area (Å²) in [4.78, 5) is 2.42. The first kappa shape index (κ1) is 18.8. The first-order chi connectivity index (χ1) is 12.1. The maximum atomic E-state index is 6.57. The average molecular weight is 400 g/mol. The van der Waals surface area contributed by atoms with E-state index in [1.54, 1.807) is 13.2 Å². The number of rotatable bonds is 4. The molecular formula is C19H21Cl3N2O. The van der Waals surface area contributed by atoms with E-state index >= 15 is 0 Å². The van der Waals surface area contributed by atoms with Crippen molar-refractivity contribution in [1.82, 2.24) is 10.2 Å². The first-order valence-corrected chi connectivity index (χ1v) is 9.46. The summed E-state index contributed by atoms with van der Waals surface area (Å²) in [6.45, 7) is 3.83. The number of nitrogens with one attached hydrogen (secondary N) is 1. The van der Waals surface area contributed by atoms with Gasteiger partial charge in [-0.2, -0.15) is 0 Å². The second-order valence-electron chi connectivity index (χ2n) is 6.09. The van der Waals surface area contributed by atoms with E-state index in [-0.39, 0.29) is 6.04 Å². The summed E-state index contributed by atoms with van der Waals surface area (Å²) in [6.07, 6.45) is 1.07. The van der Waals surface area contributed by atoms with Gasteiger partial charge in [-0.15, -0.1) is 0 Å². The molecule has 1 heterocycles. The lowest BCUT2D eigenvalue weighted by Gasteiger charge is -2.33.